The van der Waals surface area contributed by atoms with Crippen LogP contribution in [0.15, 0.2) is 194 Å². The standard InChI is InChI=1S/C52H37N3/c1-34-31-40(49-44-24-11-8-17-36(44)27-30-47(49)48-33-39-20-9-10-23-43(39)45-25-12-13-26-46(45)48)28-29-42(34)52-54-50(37-18-6-3-7-19-37)53-51(55-52)41-22-14-21-38(32-41)35-15-4-2-5-16-35/h2-34,42H,1H3. The van der Waals surface area contributed by atoms with Gasteiger partial charge in [-0.25, -0.2) is 15.0 Å². The SMILES string of the molecule is CC1C=C(c2c(-c3cc4ccccc4c4ccccc34)ccc3ccccc23)C=CC1c1nc(-c2ccccc2)nc(-c2cccc(-c3ccccc3)c2)n1. The second-order valence-corrected chi connectivity index (χ2v) is 14.4. The maximum absolute atomic E-state index is 5.21. The van der Waals surface area contributed by atoms with Crippen LogP contribution in [0.1, 0.15) is 24.2 Å². The summed E-state index contributed by atoms with van der Waals surface area (Å²) in [6.07, 6.45) is 7.01. The maximum atomic E-state index is 5.21. The molecule has 0 spiro atoms. The van der Waals surface area contributed by atoms with E-state index in [1.54, 1.807) is 0 Å². The Morgan fingerprint density at radius 1 is 0.418 bits per heavy atom. The Bertz CT molecular complexity index is 2940. The van der Waals surface area contributed by atoms with Crippen LogP contribution in [0.25, 0.3) is 82.9 Å². The van der Waals surface area contributed by atoms with Crippen molar-refractivity contribution in [2.75, 3.05) is 0 Å². The van der Waals surface area contributed by atoms with Crippen LogP contribution in [0.4, 0.5) is 0 Å². The predicted octanol–water partition coefficient (Wildman–Crippen LogP) is 13.4. The lowest BCUT2D eigenvalue weighted by atomic mass is 9.80. The van der Waals surface area contributed by atoms with Crippen LogP contribution in [-0.4, -0.2) is 15.0 Å². The van der Waals surface area contributed by atoms with Gasteiger partial charge >= 0.3 is 0 Å². The molecule has 0 radical (unpaired) electrons. The number of hydrogen-bond acceptors (Lipinski definition) is 3. The second-order valence-electron chi connectivity index (χ2n) is 14.4. The van der Waals surface area contributed by atoms with E-state index in [2.05, 4.69) is 177 Å². The number of aromatic nitrogens is 3. The van der Waals surface area contributed by atoms with Crippen molar-refractivity contribution in [3.8, 4) is 45.0 Å². The highest BCUT2D eigenvalue weighted by molar-refractivity contribution is 6.16. The third-order valence-corrected chi connectivity index (χ3v) is 11.0. The molecule has 1 aliphatic rings. The summed E-state index contributed by atoms with van der Waals surface area (Å²) >= 11 is 0. The van der Waals surface area contributed by atoms with Crippen molar-refractivity contribution in [1.29, 1.82) is 0 Å². The molecule has 0 bridgehead atoms. The van der Waals surface area contributed by atoms with Gasteiger partial charge in [-0.2, -0.15) is 0 Å². The molecule has 2 unspecified atom stereocenters. The average molecular weight is 704 g/mol. The fraction of sp³-hybridized carbons (Fsp3) is 0.0577. The van der Waals surface area contributed by atoms with Crippen LogP contribution < -0.4 is 0 Å². The first-order chi connectivity index (χ1) is 27.2. The van der Waals surface area contributed by atoms with Gasteiger partial charge in [0.05, 0.1) is 0 Å². The maximum Gasteiger partial charge on any atom is 0.163 e. The molecule has 1 heterocycles. The Morgan fingerprint density at radius 2 is 1.02 bits per heavy atom. The van der Waals surface area contributed by atoms with Gasteiger partial charge in [0.25, 0.3) is 0 Å². The van der Waals surface area contributed by atoms with E-state index < -0.39 is 0 Å². The Balaban J connectivity index is 1.10. The van der Waals surface area contributed by atoms with E-state index >= 15 is 0 Å². The highest BCUT2D eigenvalue weighted by atomic mass is 15.0. The lowest BCUT2D eigenvalue weighted by Crippen LogP contribution is -2.15. The molecule has 1 aromatic heterocycles. The summed E-state index contributed by atoms with van der Waals surface area (Å²) in [5, 5.41) is 7.51. The largest absolute Gasteiger partial charge is 0.212 e. The molecule has 3 heteroatoms. The molecule has 1 aliphatic carbocycles. The summed E-state index contributed by atoms with van der Waals surface area (Å²) in [7, 11) is 0. The molecule has 8 aromatic carbocycles. The fourth-order valence-electron chi connectivity index (χ4n) is 8.25. The summed E-state index contributed by atoms with van der Waals surface area (Å²) in [6, 6.07) is 62.4. The summed E-state index contributed by atoms with van der Waals surface area (Å²) in [5.74, 6) is 2.21. The zero-order valence-electron chi connectivity index (χ0n) is 30.5. The highest BCUT2D eigenvalue weighted by Crippen LogP contribution is 2.44. The van der Waals surface area contributed by atoms with Gasteiger partial charge < -0.3 is 0 Å². The first kappa shape index (κ1) is 32.7. The van der Waals surface area contributed by atoms with Crippen molar-refractivity contribution >= 4 is 37.9 Å². The number of nitrogens with zero attached hydrogens (tertiary/aromatic N) is 3. The first-order valence-electron chi connectivity index (χ1n) is 19.0. The normalized spacial score (nSPS) is 15.4. The topological polar surface area (TPSA) is 38.7 Å². The van der Waals surface area contributed by atoms with E-state index in [0.717, 1.165) is 28.1 Å². The Hall–Kier alpha value is -6.97. The molecule has 2 atom stereocenters. The number of benzene rings is 8. The van der Waals surface area contributed by atoms with Gasteiger partial charge in [-0.3, -0.25) is 0 Å². The lowest BCUT2D eigenvalue weighted by molar-refractivity contribution is 0.602. The number of allylic oxidation sites excluding steroid dienone is 4. The number of rotatable bonds is 6. The molecule has 0 N–H and O–H groups in total. The molecule has 0 amide bonds. The first-order valence-corrected chi connectivity index (χ1v) is 19.0. The minimum atomic E-state index is -0.0369. The van der Waals surface area contributed by atoms with Gasteiger partial charge in [-0.15, -0.1) is 0 Å². The molecule has 3 nitrogen and oxygen atoms in total. The van der Waals surface area contributed by atoms with Gasteiger partial charge in [-0.05, 0) is 83.8 Å². The van der Waals surface area contributed by atoms with E-state index in [4.69, 9.17) is 15.0 Å². The van der Waals surface area contributed by atoms with Crippen molar-refractivity contribution in [2.24, 2.45) is 5.92 Å². The third kappa shape index (κ3) is 6.00. The molecule has 260 valence electrons. The van der Waals surface area contributed by atoms with Crippen molar-refractivity contribution in [1.82, 2.24) is 15.0 Å². The zero-order valence-corrected chi connectivity index (χ0v) is 30.5. The molecular weight excluding hydrogens is 667 g/mol. The van der Waals surface area contributed by atoms with Crippen LogP contribution in [0.2, 0.25) is 0 Å². The monoisotopic (exact) mass is 703 g/mol. The highest BCUT2D eigenvalue weighted by Gasteiger charge is 2.26. The van der Waals surface area contributed by atoms with Gasteiger partial charge in [0.15, 0.2) is 11.6 Å². The van der Waals surface area contributed by atoms with E-state index in [0.29, 0.717) is 11.6 Å². The van der Waals surface area contributed by atoms with E-state index in [9.17, 15) is 0 Å². The lowest BCUT2D eigenvalue weighted by Gasteiger charge is -2.25. The van der Waals surface area contributed by atoms with Crippen LogP contribution in [-0.2, 0) is 0 Å². The zero-order chi connectivity index (χ0) is 36.7. The van der Waals surface area contributed by atoms with Gasteiger partial charge in [0, 0.05) is 17.0 Å². The summed E-state index contributed by atoms with van der Waals surface area (Å²) in [5.41, 5.74) is 9.16. The summed E-state index contributed by atoms with van der Waals surface area (Å²) in [6.45, 7) is 2.28. The van der Waals surface area contributed by atoms with Crippen molar-refractivity contribution in [3.63, 3.8) is 0 Å². The Kier molecular flexibility index (Phi) is 8.18. The van der Waals surface area contributed by atoms with Gasteiger partial charge in [0.1, 0.15) is 5.82 Å². The van der Waals surface area contributed by atoms with Crippen LogP contribution in [0, 0.1) is 5.92 Å². The summed E-state index contributed by atoms with van der Waals surface area (Å²) in [4.78, 5) is 15.4. The Labute approximate surface area is 321 Å². The minimum absolute atomic E-state index is 0.0369. The van der Waals surface area contributed by atoms with E-state index in [1.807, 2.05) is 24.3 Å². The predicted molar refractivity (Wildman–Crippen MR) is 230 cm³/mol. The van der Waals surface area contributed by atoms with Crippen molar-refractivity contribution in [3.05, 3.63) is 206 Å². The molecule has 0 saturated carbocycles. The molecule has 0 saturated heterocycles. The molecule has 10 rings (SSSR count). The van der Waals surface area contributed by atoms with Crippen LogP contribution in [0.5, 0.6) is 0 Å². The van der Waals surface area contributed by atoms with Crippen molar-refractivity contribution < 1.29 is 0 Å². The molecular formula is C52H37N3. The minimum Gasteiger partial charge on any atom is -0.212 e. The smallest absolute Gasteiger partial charge is 0.163 e. The average Bonchev–Trinajstić information content (AvgIpc) is 3.26. The number of fused-ring (bicyclic) bond motifs is 4. The molecule has 55 heavy (non-hydrogen) atoms. The van der Waals surface area contributed by atoms with Crippen LogP contribution >= 0.6 is 0 Å². The van der Waals surface area contributed by atoms with E-state index in [-0.39, 0.29) is 11.8 Å². The van der Waals surface area contributed by atoms with Gasteiger partial charge in [-0.1, -0.05) is 189 Å². The Morgan fingerprint density at radius 3 is 1.78 bits per heavy atom. The molecule has 0 aliphatic heterocycles. The summed E-state index contributed by atoms with van der Waals surface area (Å²) < 4.78 is 0. The molecule has 9 aromatic rings. The van der Waals surface area contributed by atoms with Crippen molar-refractivity contribution in [2.45, 2.75) is 12.8 Å². The second kappa shape index (κ2) is 13.8. The fourth-order valence-corrected chi connectivity index (χ4v) is 8.25. The number of hydrogen-bond donors (Lipinski definition) is 0. The quantitative estimate of drug-likeness (QED) is 0.162. The third-order valence-electron chi connectivity index (χ3n) is 11.0. The van der Waals surface area contributed by atoms with Crippen LogP contribution in [0.3, 0.4) is 0 Å². The van der Waals surface area contributed by atoms with E-state index in [1.165, 1.54) is 54.6 Å². The molecule has 0 fully saturated rings. The van der Waals surface area contributed by atoms with Gasteiger partial charge in [0.2, 0.25) is 0 Å².